The van der Waals surface area contributed by atoms with Gasteiger partial charge in [0.15, 0.2) is 0 Å². The maximum atomic E-state index is 13.3. The average Bonchev–Trinajstić information content (AvgIpc) is 2.74. The molecule has 0 saturated carbocycles. The molecular formula is C14H5BrCl2F3N3. The normalized spacial score (nSPS) is 11.1. The lowest BCUT2D eigenvalue weighted by molar-refractivity contribution is -0.143. The maximum Gasteiger partial charge on any atom is 0.432 e. The summed E-state index contributed by atoms with van der Waals surface area (Å²) in [7, 11) is 0. The van der Waals surface area contributed by atoms with E-state index >= 15 is 0 Å². The quantitative estimate of drug-likeness (QED) is 0.628. The molecule has 9 heteroatoms. The highest BCUT2D eigenvalue weighted by atomic mass is 79.9. The number of halogens is 6. The number of nitriles is 2. The van der Waals surface area contributed by atoms with Gasteiger partial charge in [-0.05, 0) is 33.6 Å². The van der Waals surface area contributed by atoms with Gasteiger partial charge in [-0.3, -0.25) is 0 Å². The van der Waals surface area contributed by atoms with Crippen molar-refractivity contribution in [2.45, 2.75) is 12.7 Å². The van der Waals surface area contributed by atoms with Gasteiger partial charge in [-0.2, -0.15) is 23.7 Å². The molecule has 1 aromatic heterocycles. The van der Waals surface area contributed by atoms with Crippen LogP contribution < -0.4 is 0 Å². The largest absolute Gasteiger partial charge is 0.432 e. The molecule has 0 spiro atoms. The predicted octanol–water partition coefficient (Wildman–Crippen LogP) is 5.64. The van der Waals surface area contributed by atoms with Crippen molar-refractivity contribution in [1.29, 1.82) is 10.5 Å². The zero-order valence-electron chi connectivity index (χ0n) is 11.0. The van der Waals surface area contributed by atoms with Crippen LogP contribution in [0, 0.1) is 22.7 Å². The van der Waals surface area contributed by atoms with Gasteiger partial charge in [0, 0.05) is 5.56 Å². The number of benzene rings is 1. The van der Waals surface area contributed by atoms with Crippen molar-refractivity contribution in [3.8, 4) is 23.3 Å². The summed E-state index contributed by atoms with van der Waals surface area (Å²) in [6.07, 6.45) is -4.74. The van der Waals surface area contributed by atoms with Crippen LogP contribution in [0.25, 0.3) is 11.1 Å². The maximum absolute atomic E-state index is 13.3. The van der Waals surface area contributed by atoms with Crippen molar-refractivity contribution < 1.29 is 13.2 Å². The number of alkyl halides is 3. The number of aromatic nitrogens is 1. The third-order valence-corrected chi connectivity index (χ3v) is 4.53. The summed E-state index contributed by atoms with van der Waals surface area (Å²) >= 11 is 14.6. The molecule has 0 unspecified atom stereocenters. The number of hydrogen-bond donors (Lipinski definition) is 0. The molecule has 0 bridgehead atoms. The molecule has 0 saturated heterocycles. The summed E-state index contributed by atoms with van der Waals surface area (Å²) < 4.78 is 40.2. The van der Waals surface area contributed by atoms with Gasteiger partial charge < -0.3 is 4.57 Å². The van der Waals surface area contributed by atoms with Crippen LogP contribution in [0.4, 0.5) is 13.2 Å². The third kappa shape index (κ3) is 3.18. The van der Waals surface area contributed by atoms with Gasteiger partial charge in [0.2, 0.25) is 0 Å². The summed E-state index contributed by atoms with van der Waals surface area (Å²) in [5.41, 5.74) is -1.10. The molecule has 1 heterocycles. The van der Waals surface area contributed by atoms with Crippen LogP contribution in [0.2, 0.25) is 10.0 Å². The Balaban J connectivity index is 2.87. The van der Waals surface area contributed by atoms with E-state index in [1.807, 2.05) is 0 Å². The summed E-state index contributed by atoms with van der Waals surface area (Å²) in [6, 6.07) is 7.58. The van der Waals surface area contributed by atoms with E-state index < -0.39 is 18.4 Å². The molecule has 0 atom stereocenters. The van der Waals surface area contributed by atoms with Gasteiger partial charge in [-0.15, -0.1) is 0 Å². The van der Waals surface area contributed by atoms with Crippen molar-refractivity contribution in [2.24, 2.45) is 0 Å². The Labute approximate surface area is 147 Å². The molecule has 0 aliphatic heterocycles. The topological polar surface area (TPSA) is 52.5 Å². The molecule has 23 heavy (non-hydrogen) atoms. The monoisotopic (exact) mass is 421 g/mol. The van der Waals surface area contributed by atoms with Gasteiger partial charge >= 0.3 is 6.18 Å². The Morgan fingerprint density at radius 2 is 1.83 bits per heavy atom. The van der Waals surface area contributed by atoms with Crippen molar-refractivity contribution >= 4 is 39.1 Å². The number of nitrogens with zero attached hydrogens (tertiary/aromatic N) is 3. The Kier molecular flexibility index (Phi) is 4.95. The van der Waals surface area contributed by atoms with Gasteiger partial charge in [0.05, 0.1) is 20.6 Å². The summed E-state index contributed by atoms with van der Waals surface area (Å²) in [5.74, 6) is 0. The first-order chi connectivity index (χ1) is 10.7. The Morgan fingerprint density at radius 3 is 2.30 bits per heavy atom. The van der Waals surface area contributed by atoms with E-state index in [1.165, 1.54) is 18.2 Å². The molecule has 0 amide bonds. The fourth-order valence-electron chi connectivity index (χ4n) is 2.13. The number of rotatable bonds is 2. The highest BCUT2D eigenvalue weighted by molar-refractivity contribution is 9.10. The highest BCUT2D eigenvalue weighted by Crippen LogP contribution is 2.44. The first-order valence-electron chi connectivity index (χ1n) is 5.94. The van der Waals surface area contributed by atoms with Crippen molar-refractivity contribution in [3.05, 3.63) is 44.1 Å². The van der Waals surface area contributed by atoms with E-state index in [4.69, 9.17) is 28.5 Å². The first kappa shape index (κ1) is 17.7. The zero-order valence-corrected chi connectivity index (χ0v) is 14.1. The van der Waals surface area contributed by atoms with E-state index in [9.17, 15) is 18.4 Å². The van der Waals surface area contributed by atoms with Gasteiger partial charge in [0.25, 0.3) is 0 Å². The van der Waals surface area contributed by atoms with Gasteiger partial charge in [-0.1, -0.05) is 29.3 Å². The molecule has 118 valence electrons. The molecule has 1 aromatic carbocycles. The lowest BCUT2D eigenvalue weighted by Crippen LogP contribution is -2.14. The molecule has 0 radical (unpaired) electrons. The van der Waals surface area contributed by atoms with Crippen molar-refractivity contribution in [3.63, 3.8) is 0 Å². The SMILES string of the molecule is N#CCn1c(C#N)c(-c2ccc(Cl)c(Cl)c2)c(Br)c1C(F)(F)F. The van der Waals surface area contributed by atoms with E-state index in [0.29, 0.717) is 4.57 Å². The second-order valence-electron chi connectivity index (χ2n) is 4.37. The Bertz CT molecular complexity index is 860. The van der Waals surface area contributed by atoms with Gasteiger partial charge in [-0.25, -0.2) is 0 Å². The van der Waals surface area contributed by atoms with E-state index in [1.54, 1.807) is 12.1 Å². The Morgan fingerprint density at radius 1 is 1.17 bits per heavy atom. The fourth-order valence-corrected chi connectivity index (χ4v) is 3.28. The number of hydrogen-bond acceptors (Lipinski definition) is 2. The average molecular weight is 423 g/mol. The molecular weight excluding hydrogens is 418 g/mol. The molecule has 2 rings (SSSR count). The zero-order chi connectivity index (χ0) is 17.4. The van der Waals surface area contributed by atoms with Crippen LogP contribution >= 0.6 is 39.1 Å². The van der Waals surface area contributed by atoms with Crippen molar-refractivity contribution in [1.82, 2.24) is 4.57 Å². The molecule has 3 nitrogen and oxygen atoms in total. The van der Waals surface area contributed by atoms with Crippen LogP contribution in [0.15, 0.2) is 22.7 Å². The second-order valence-corrected chi connectivity index (χ2v) is 5.98. The van der Waals surface area contributed by atoms with Crippen molar-refractivity contribution in [2.75, 3.05) is 0 Å². The second kappa shape index (κ2) is 6.45. The van der Waals surface area contributed by atoms with Gasteiger partial charge in [0.1, 0.15) is 24.0 Å². The smallest absolute Gasteiger partial charge is 0.313 e. The summed E-state index contributed by atoms with van der Waals surface area (Å²) in [4.78, 5) is 0. The minimum Gasteiger partial charge on any atom is -0.313 e. The fraction of sp³-hybridized carbons (Fsp3) is 0.143. The lowest BCUT2D eigenvalue weighted by Gasteiger charge is -2.10. The molecule has 0 aliphatic rings. The van der Waals surface area contributed by atoms with Crippen LogP contribution in [0.3, 0.4) is 0 Å². The van der Waals surface area contributed by atoms with Crippen LogP contribution in [-0.4, -0.2) is 4.57 Å². The highest BCUT2D eigenvalue weighted by Gasteiger charge is 2.40. The first-order valence-corrected chi connectivity index (χ1v) is 7.49. The minimum atomic E-state index is -4.74. The van der Waals surface area contributed by atoms with Crippen LogP contribution in [0.5, 0.6) is 0 Å². The predicted molar refractivity (Wildman–Crippen MR) is 82.9 cm³/mol. The minimum absolute atomic E-state index is 0.00800. The molecule has 2 aromatic rings. The lowest BCUT2D eigenvalue weighted by atomic mass is 10.1. The molecule has 0 N–H and O–H groups in total. The van der Waals surface area contributed by atoms with E-state index in [2.05, 4.69) is 15.9 Å². The summed E-state index contributed by atoms with van der Waals surface area (Å²) in [5, 5.41) is 18.4. The van der Waals surface area contributed by atoms with Crippen LogP contribution in [0.1, 0.15) is 11.4 Å². The molecule has 0 aliphatic carbocycles. The Hall–Kier alpha value is -1.67. The third-order valence-electron chi connectivity index (χ3n) is 3.02. The summed E-state index contributed by atoms with van der Waals surface area (Å²) in [6.45, 7) is -0.613. The van der Waals surface area contributed by atoms with E-state index in [0.717, 1.165) is 0 Å². The van der Waals surface area contributed by atoms with E-state index in [-0.39, 0.29) is 31.3 Å². The standard InChI is InChI=1S/C14H5BrCl2F3N3/c15-12-11(7-1-2-8(16)9(17)5-7)10(6-22)23(4-3-21)13(12)14(18,19)20/h1-2,5H,4H2. The van der Waals surface area contributed by atoms with Crippen LogP contribution in [-0.2, 0) is 12.7 Å². The molecule has 0 fully saturated rings.